The lowest BCUT2D eigenvalue weighted by atomic mass is 9.87. The van der Waals surface area contributed by atoms with E-state index in [9.17, 15) is 46.3 Å². The Bertz CT molecular complexity index is 2640. The summed E-state index contributed by atoms with van der Waals surface area (Å²) in [5, 5.41) is 4.96. The van der Waals surface area contributed by atoms with Gasteiger partial charge in [-0.3, -0.25) is 19.2 Å². The summed E-state index contributed by atoms with van der Waals surface area (Å²) in [4.78, 5) is 82.4. The molecular weight excluding hydrogens is 973 g/mol. The number of amides is 2. The zero-order valence-electron chi connectivity index (χ0n) is 41.3. The van der Waals surface area contributed by atoms with Crippen LogP contribution in [-0.2, 0) is 28.7 Å². The molecule has 388 valence electrons. The van der Waals surface area contributed by atoms with E-state index in [4.69, 9.17) is 28.4 Å². The normalized spacial score (nSPS) is 12.4. The first-order valence-corrected chi connectivity index (χ1v) is 22.7. The molecule has 2 amide bonds. The number of carbonyl (C=O) groups excluding carboxylic acids is 6. The Morgan fingerprint density at radius 3 is 0.959 bits per heavy atom. The van der Waals surface area contributed by atoms with Crippen molar-refractivity contribution in [1.29, 1.82) is 0 Å². The number of benzene rings is 4. The van der Waals surface area contributed by atoms with Crippen molar-refractivity contribution >= 4 is 35.7 Å². The van der Waals surface area contributed by atoms with E-state index in [0.717, 1.165) is 13.8 Å². The standard InChI is InChI=1S/2C27H26F2N2O6/c2*1-15(31-26(33)24-25(37-17(3)32)22(35-4)13-14-30-24)27(34)36-16(2)23(18-5-9-20(28)10-6-18)19-7-11-21(29)12-8-19/h2*5-16,23H,1-4H3,(H,31,33)/t2*15-,16-/m00/s1. The number of pyridine rings is 2. The van der Waals surface area contributed by atoms with Gasteiger partial charge in [-0.25, -0.2) is 37.1 Å². The molecule has 6 aromatic rings. The zero-order valence-corrected chi connectivity index (χ0v) is 41.3. The molecule has 4 aromatic carbocycles. The average molecular weight is 1030 g/mol. The maximum atomic E-state index is 13.5. The lowest BCUT2D eigenvalue weighted by Gasteiger charge is -2.26. The smallest absolute Gasteiger partial charge is 0.328 e. The first kappa shape index (κ1) is 56.2. The molecule has 4 atom stereocenters. The fourth-order valence-corrected chi connectivity index (χ4v) is 7.49. The van der Waals surface area contributed by atoms with Crippen molar-refractivity contribution in [3.8, 4) is 23.0 Å². The van der Waals surface area contributed by atoms with E-state index in [1.807, 2.05) is 0 Å². The molecule has 0 aliphatic carbocycles. The topological polar surface area (TPSA) is 208 Å². The summed E-state index contributed by atoms with van der Waals surface area (Å²) >= 11 is 0. The predicted octanol–water partition coefficient (Wildman–Crippen LogP) is 8.35. The molecule has 0 unspecified atom stereocenters. The van der Waals surface area contributed by atoms with E-state index in [2.05, 4.69) is 20.6 Å². The summed E-state index contributed by atoms with van der Waals surface area (Å²) in [5.74, 6) is -7.40. The van der Waals surface area contributed by atoms with Crippen LogP contribution in [0, 0.1) is 23.3 Å². The van der Waals surface area contributed by atoms with E-state index in [-0.39, 0.29) is 34.4 Å². The van der Waals surface area contributed by atoms with Crippen LogP contribution in [0.5, 0.6) is 23.0 Å². The highest BCUT2D eigenvalue weighted by Gasteiger charge is 2.31. The molecule has 6 rings (SSSR count). The summed E-state index contributed by atoms with van der Waals surface area (Å²) in [6, 6.07) is 23.3. The molecule has 0 spiro atoms. The molecule has 0 aliphatic rings. The molecule has 16 nitrogen and oxygen atoms in total. The quantitative estimate of drug-likeness (QED) is 0.0613. The van der Waals surface area contributed by atoms with Crippen LogP contribution < -0.4 is 29.6 Å². The predicted molar refractivity (Wildman–Crippen MR) is 258 cm³/mol. The Hall–Kier alpha value is -8.68. The highest BCUT2D eigenvalue weighted by molar-refractivity contribution is 5.99. The molecular formula is C54H52F4N4O12. The minimum atomic E-state index is -1.12. The van der Waals surface area contributed by atoms with Crippen LogP contribution in [-0.4, -0.2) is 84.2 Å². The Labute approximate surface area is 423 Å². The van der Waals surface area contributed by atoms with E-state index in [0.29, 0.717) is 22.3 Å². The summed E-state index contributed by atoms with van der Waals surface area (Å²) < 4.78 is 85.8. The van der Waals surface area contributed by atoms with Crippen molar-refractivity contribution in [1.82, 2.24) is 20.6 Å². The van der Waals surface area contributed by atoms with Gasteiger partial charge in [0.25, 0.3) is 11.8 Å². The third kappa shape index (κ3) is 15.2. The maximum absolute atomic E-state index is 13.5. The molecule has 0 bridgehead atoms. The van der Waals surface area contributed by atoms with Gasteiger partial charge in [-0.15, -0.1) is 0 Å². The Balaban J connectivity index is 0.000000274. The fourth-order valence-electron chi connectivity index (χ4n) is 7.49. The summed E-state index contributed by atoms with van der Waals surface area (Å²) in [7, 11) is 2.67. The molecule has 0 radical (unpaired) electrons. The van der Waals surface area contributed by atoms with Crippen LogP contribution in [0.3, 0.4) is 0 Å². The van der Waals surface area contributed by atoms with Gasteiger partial charge in [0, 0.05) is 50.2 Å². The van der Waals surface area contributed by atoms with Crippen LogP contribution in [0.15, 0.2) is 122 Å². The number of ether oxygens (including phenoxy) is 6. The summed E-state index contributed by atoms with van der Waals surface area (Å²) in [6.45, 7) is 8.45. The molecule has 2 heterocycles. The van der Waals surface area contributed by atoms with Gasteiger partial charge >= 0.3 is 23.9 Å². The Morgan fingerprint density at radius 2 is 0.716 bits per heavy atom. The molecule has 74 heavy (non-hydrogen) atoms. The minimum absolute atomic E-state index is 0.112. The van der Waals surface area contributed by atoms with Gasteiger partial charge < -0.3 is 39.1 Å². The lowest BCUT2D eigenvalue weighted by Crippen LogP contribution is -2.41. The largest absolute Gasteiger partial charge is 0.493 e. The monoisotopic (exact) mass is 1020 g/mol. The summed E-state index contributed by atoms with van der Waals surface area (Å²) in [5.41, 5.74) is 2.09. The fraction of sp³-hybridized carbons (Fsp3) is 0.259. The number of rotatable bonds is 18. The third-order valence-electron chi connectivity index (χ3n) is 11.0. The van der Waals surface area contributed by atoms with Gasteiger partial charge in [0.2, 0.25) is 11.5 Å². The molecule has 20 heteroatoms. The van der Waals surface area contributed by atoms with Crippen molar-refractivity contribution < 1.29 is 74.8 Å². The maximum Gasteiger partial charge on any atom is 0.328 e. The van der Waals surface area contributed by atoms with E-state index < -0.39 is 95.1 Å². The van der Waals surface area contributed by atoms with Crippen molar-refractivity contribution in [3.63, 3.8) is 0 Å². The van der Waals surface area contributed by atoms with Gasteiger partial charge in [-0.1, -0.05) is 48.5 Å². The van der Waals surface area contributed by atoms with E-state index in [1.54, 1.807) is 62.4 Å². The first-order valence-electron chi connectivity index (χ1n) is 22.7. The van der Waals surface area contributed by atoms with Gasteiger partial charge in [0.1, 0.15) is 47.6 Å². The van der Waals surface area contributed by atoms with Crippen molar-refractivity contribution in [2.45, 2.75) is 77.7 Å². The van der Waals surface area contributed by atoms with Gasteiger partial charge in [0.15, 0.2) is 22.9 Å². The summed E-state index contributed by atoms with van der Waals surface area (Å²) in [6.07, 6.45) is 1.05. The highest BCUT2D eigenvalue weighted by Crippen LogP contribution is 2.34. The number of carbonyl (C=O) groups is 6. The van der Waals surface area contributed by atoms with Gasteiger partial charge in [-0.2, -0.15) is 0 Å². The number of esters is 4. The van der Waals surface area contributed by atoms with Crippen molar-refractivity contribution in [2.24, 2.45) is 0 Å². The van der Waals surface area contributed by atoms with Crippen molar-refractivity contribution in [2.75, 3.05) is 14.2 Å². The van der Waals surface area contributed by atoms with E-state index >= 15 is 0 Å². The first-order chi connectivity index (χ1) is 35.2. The van der Waals surface area contributed by atoms with Gasteiger partial charge in [-0.05, 0) is 98.5 Å². The highest BCUT2D eigenvalue weighted by atomic mass is 19.1. The van der Waals surface area contributed by atoms with Crippen LogP contribution in [0.2, 0.25) is 0 Å². The molecule has 0 aliphatic heterocycles. The number of nitrogens with zero attached hydrogens (tertiary/aromatic N) is 2. The number of aromatic nitrogens is 2. The second-order valence-corrected chi connectivity index (χ2v) is 16.4. The Morgan fingerprint density at radius 1 is 0.446 bits per heavy atom. The van der Waals surface area contributed by atoms with Crippen LogP contribution in [0.1, 0.15) is 96.6 Å². The molecule has 2 N–H and O–H groups in total. The number of nitrogens with one attached hydrogen (secondary N) is 2. The minimum Gasteiger partial charge on any atom is -0.493 e. The average Bonchev–Trinajstić information content (AvgIpc) is 3.36. The number of halogens is 4. The molecule has 2 aromatic heterocycles. The van der Waals surface area contributed by atoms with Crippen molar-refractivity contribution in [3.05, 3.63) is 178 Å². The molecule has 0 saturated heterocycles. The van der Waals surface area contributed by atoms with Crippen LogP contribution in [0.4, 0.5) is 17.6 Å². The van der Waals surface area contributed by atoms with E-state index in [1.165, 1.54) is 101 Å². The molecule has 0 saturated carbocycles. The number of methoxy groups -OCH3 is 2. The van der Waals surface area contributed by atoms with Crippen LogP contribution in [0.25, 0.3) is 0 Å². The third-order valence-corrected chi connectivity index (χ3v) is 11.0. The van der Waals surface area contributed by atoms with Crippen LogP contribution >= 0.6 is 0 Å². The SMILES string of the molecule is COc1ccnc(C(=O)N[C@@H](C)C(=O)O[C@@H](C)C(c2ccc(F)cc2)c2ccc(F)cc2)c1OC(C)=O.COc1ccnc(C(=O)N[C@@H](C)C(=O)O[C@@H](C)C(c2ccc(F)cc2)c2ccc(F)cc2)c1OC(C)=O. The van der Waals surface area contributed by atoms with Gasteiger partial charge in [0.05, 0.1) is 14.2 Å². The Kier molecular flexibility index (Phi) is 19.9. The number of hydrogen-bond donors (Lipinski definition) is 2. The molecule has 0 fully saturated rings. The second kappa shape index (κ2) is 26.1. The second-order valence-electron chi connectivity index (χ2n) is 16.4. The lowest BCUT2D eigenvalue weighted by molar-refractivity contribution is -0.151. The zero-order chi connectivity index (χ0) is 54.2. The number of hydrogen-bond acceptors (Lipinski definition) is 14.